The Labute approximate surface area is 156 Å². The molecule has 1 aliphatic heterocycles. The fourth-order valence-corrected chi connectivity index (χ4v) is 3.65. The van der Waals surface area contributed by atoms with Crippen molar-refractivity contribution in [1.29, 1.82) is 0 Å². The van der Waals surface area contributed by atoms with Gasteiger partial charge in [-0.1, -0.05) is 42.5 Å². The van der Waals surface area contributed by atoms with Gasteiger partial charge in [0.1, 0.15) is 6.23 Å². The van der Waals surface area contributed by atoms with Gasteiger partial charge in [0.05, 0.1) is 12.2 Å². The summed E-state index contributed by atoms with van der Waals surface area (Å²) in [7, 11) is 0. The molecule has 1 aromatic heterocycles. The van der Waals surface area contributed by atoms with Crippen LogP contribution in [0.3, 0.4) is 0 Å². The number of benzene rings is 2. The summed E-state index contributed by atoms with van der Waals surface area (Å²) in [5.74, 6) is 0. The molecule has 140 valence electrons. The van der Waals surface area contributed by atoms with Crippen LogP contribution in [-0.4, -0.2) is 26.9 Å². The van der Waals surface area contributed by atoms with E-state index < -0.39 is 23.6 Å². The summed E-state index contributed by atoms with van der Waals surface area (Å²) in [5, 5.41) is 12.8. The van der Waals surface area contributed by atoms with Crippen LogP contribution in [0.4, 0.5) is 0 Å². The lowest BCUT2D eigenvalue weighted by molar-refractivity contribution is -0.0240. The third kappa shape index (κ3) is 3.59. The standard InChI is InChI=1S/C21H22N2O4/c1-13-12-23(21(26)22-20(13)25)19-11-17(24)18(27-19)9-7-14-6-8-15-4-2-3-5-16(15)10-14/h2-6,8,10,12,17-19,24H,7,9,11H2,1H3,(H,22,25,26)/t17?,18-,19-/m1/s1. The Morgan fingerprint density at radius 1 is 1.19 bits per heavy atom. The third-order valence-corrected chi connectivity index (χ3v) is 5.19. The molecule has 1 saturated heterocycles. The van der Waals surface area contributed by atoms with Gasteiger partial charge in [0.15, 0.2) is 0 Å². The highest BCUT2D eigenvalue weighted by atomic mass is 16.5. The fraction of sp³-hybridized carbons (Fsp3) is 0.333. The molecule has 1 aliphatic rings. The topological polar surface area (TPSA) is 84.3 Å². The molecule has 0 aliphatic carbocycles. The van der Waals surface area contributed by atoms with Gasteiger partial charge in [-0.15, -0.1) is 0 Å². The highest BCUT2D eigenvalue weighted by molar-refractivity contribution is 5.82. The Hall–Kier alpha value is -2.70. The molecule has 3 aromatic rings. The number of hydrogen-bond donors (Lipinski definition) is 2. The molecule has 6 nitrogen and oxygen atoms in total. The van der Waals surface area contributed by atoms with Crippen molar-refractivity contribution in [2.45, 2.75) is 44.6 Å². The normalized spacial score (nSPS) is 22.4. The first-order chi connectivity index (χ1) is 13.0. The van der Waals surface area contributed by atoms with Crippen LogP contribution in [0.15, 0.2) is 58.3 Å². The molecule has 3 atom stereocenters. The first kappa shape index (κ1) is 17.7. The van der Waals surface area contributed by atoms with Crippen LogP contribution in [0.25, 0.3) is 10.8 Å². The quantitative estimate of drug-likeness (QED) is 0.742. The van der Waals surface area contributed by atoms with Crippen molar-refractivity contribution < 1.29 is 9.84 Å². The van der Waals surface area contributed by atoms with Crippen LogP contribution >= 0.6 is 0 Å². The van der Waals surface area contributed by atoms with Crippen LogP contribution in [0.1, 0.15) is 30.2 Å². The van der Waals surface area contributed by atoms with Gasteiger partial charge in [-0.05, 0) is 36.1 Å². The zero-order valence-corrected chi connectivity index (χ0v) is 15.1. The number of nitrogens with zero attached hydrogens (tertiary/aromatic N) is 1. The summed E-state index contributed by atoms with van der Waals surface area (Å²) in [6.07, 6.45) is 1.70. The number of rotatable bonds is 4. The first-order valence-electron chi connectivity index (χ1n) is 9.14. The van der Waals surface area contributed by atoms with Crippen molar-refractivity contribution >= 4 is 10.8 Å². The van der Waals surface area contributed by atoms with E-state index in [1.165, 1.54) is 27.1 Å². The SMILES string of the molecule is Cc1cn([C@H]2CC(O)[C@@H](CCc3ccc4ccccc4c3)O2)c(=O)[nH]c1=O. The second kappa shape index (κ2) is 7.13. The average molecular weight is 366 g/mol. The Morgan fingerprint density at radius 3 is 2.78 bits per heavy atom. The Morgan fingerprint density at radius 2 is 1.96 bits per heavy atom. The fourth-order valence-electron chi connectivity index (χ4n) is 3.65. The Balaban J connectivity index is 1.46. The van der Waals surface area contributed by atoms with Crippen LogP contribution in [0, 0.1) is 6.92 Å². The monoisotopic (exact) mass is 366 g/mol. The van der Waals surface area contributed by atoms with Gasteiger partial charge in [-0.3, -0.25) is 14.3 Å². The second-order valence-corrected chi connectivity index (χ2v) is 7.13. The summed E-state index contributed by atoms with van der Waals surface area (Å²) in [5.41, 5.74) is 0.706. The molecule has 4 rings (SSSR count). The van der Waals surface area contributed by atoms with Crippen LogP contribution in [0.5, 0.6) is 0 Å². The van der Waals surface area contributed by atoms with Crippen molar-refractivity contribution in [2.24, 2.45) is 0 Å². The highest BCUT2D eigenvalue weighted by Crippen LogP contribution is 2.30. The smallest absolute Gasteiger partial charge is 0.330 e. The summed E-state index contributed by atoms with van der Waals surface area (Å²) in [4.78, 5) is 25.8. The van der Waals surface area contributed by atoms with E-state index in [0.717, 1.165) is 6.42 Å². The van der Waals surface area contributed by atoms with E-state index in [0.29, 0.717) is 18.4 Å². The van der Waals surface area contributed by atoms with E-state index in [4.69, 9.17) is 4.74 Å². The number of aliphatic hydroxyl groups excluding tert-OH is 1. The van der Waals surface area contributed by atoms with Crippen LogP contribution in [-0.2, 0) is 11.2 Å². The number of fused-ring (bicyclic) bond motifs is 1. The van der Waals surface area contributed by atoms with Gasteiger partial charge in [0.2, 0.25) is 0 Å². The number of aromatic amines is 1. The number of aryl methyl sites for hydroxylation is 2. The third-order valence-electron chi connectivity index (χ3n) is 5.19. The van der Waals surface area contributed by atoms with Crippen LogP contribution < -0.4 is 11.2 Å². The maximum absolute atomic E-state index is 12.0. The van der Waals surface area contributed by atoms with Crippen molar-refractivity contribution in [2.75, 3.05) is 0 Å². The zero-order valence-electron chi connectivity index (χ0n) is 15.1. The number of aromatic nitrogens is 2. The van der Waals surface area contributed by atoms with Crippen LogP contribution in [0.2, 0.25) is 0 Å². The summed E-state index contributed by atoms with van der Waals surface area (Å²) < 4.78 is 7.29. The summed E-state index contributed by atoms with van der Waals surface area (Å²) in [6, 6.07) is 14.6. The first-order valence-corrected chi connectivity index (χ1v) is 9.14. The number of hydrogen-bond acceptors (Lipinski definition) is 4. The van der Waals surface area contributed by atoms with E-state index in [1.54, 1.807) is 6.92 Å². The molecule has 2 heterocycles. The molecular formula is C21H22N2O4. The molecule has 0 saturated carbocycles. The molecule has 0 bridgehead atoms. The molecular weight excluding hydrogens is 344 g/mol. The molecule has 6 heteroatoms. The minimum Gasteiger partial charge on any atom is -0.390 e. The molecule has 1 unspecified atom stereocenters. The minimum atomic E-state index is -0.644. The lowest BCUT2D eigenvalue weighted by Crippen LogP contribution is -2.33. The largest absolute Gasteiger partial charge is 0.390 e. The van der Waals surface area contributed by atoms with E-state index in [1.807, 2.05) is 12.1 Å². The zero-order chi connectivity index (χ0) is 19.0. The van der Waals surface area contributed by atoms with Crippen molar-refractivity contribution in [3.63, 3.8) is 0 Å². The predicted molar refractivity (Wildman–Crippen MR) is 103 cm³/mol. The van der Waals surface area contributed by atoms with Gasteiger partial charge in [-0.2, -0.15) is 0 Å². The summed E-state index contributed by atoms with van der Waals surface area (Å²) >= 11 is 0. The number of nitrogens with one attached hydrogen (secondary N) is 1. The maximum Gasteiger partial charge on any atom is 0.330 e. The average Bonchev–Trinajstić information content (AvgIpc) is 3.03. The predicted octanol–water partition coefficient (Wildman–Crippen LogP) is 2.28. The molecule has 0 spiro atoms. The van der Waals surface area contributed by atoms with Gasteiger partial charge in [0.25, 0.3) is 5.56 Å². The number of H-pyrrole nitrogens is 1. The second-order valence-electron chi connectivity index (χ2n) is 7.13. The van der Waals surface area contributed by atoms with Gasteiger partial charge >= 0.3 is 5.69 Å². The molecule has 0 radical (unpaired) electrons. The van der Waals surface area contributed by atoms with E-state index in [9.17, 15) is 14.7 Å². The van der Waals surface area contributed by atoms with Crippen molar-refractivity contribution in [1.82, 2.24) is 9.55 Å². The minimum absolute atomic E-state index is 0.327. The molecule has 0 amide bonds. The lowest BCUT2D eigenvalue weighted by Gasteiger charge is -2.16. The van der Waals surface area contributed by atoms with Gasteiger partial charge in [-0.25, -0.2) is 4.79 Å². The van der Waals surface area contributed by atoms with Gasteiger partial charge < -0.3 is 9.84 Å². The van der Waals surface area contributed by atoms with Gasteiger partial charge in [0, 0.05) is 18.2 Å². The molecule has 2 N–H and O–H groups in total. The van der Waals surface area contributed by atoms with E-state index in [-0.39, 0.29) is 6.10 Å². The highest BCUT2D eigenvalue weighted by Gasteiger charge is 2.35. The Kier molecular flexibility index (Phi) is 4.68. The summed E-state index contributed by atoms with van der Waals surface area (Å²) in [6.45, 7) is 1.64. The van der Waals surface area contributed by atoms with Crippen molar-refractivity contribution in [3.05, 3.63) is 80.6 Å². The lowest BCUT2D eigenvalue weighted by atomic mass is 10.0. The molecule has 27 heavy (non-hydrogen) atoms. The molecule has 1 fully saturated rings. The number of aliphatic hydroxyl groups is 1. The van der Waals surface area contributed by atoms with E-state index in [2.05, 4.69) is 35.3 Å². The number of ether oxygens (including phenoxy) is 1. The molecule has 2 aromatic carbocycles. The Bertz CT molecular complexity index is 1090. The maximum atomic E-state index is 12.0. The van der Waals surface area contributed by atoms with E-state index >= 15 is 0 Å². The van der Waals surface area contributed by atoms with Crippen molar-refractivity contribution in [3.8, 4) is 0 Å².